The van der Waals surface area contributed by atoms with Crippen LogP contribution in [0, 0.1) is 0 Å². The number of hydrogen-bond donors (Lipinski definition) is 3. The van der Waals surface area contributed by atoms with E-state index in [-0.39, 0.29) is 36.3 Å². The van der Waals surface area contributed by atoms with Crippen molar-refractivity contribution in [3.63, 3.8) is 0 Å². The van der Waals surface area contributed by atoms with Crippen molar-refractivity contribution in [1.82, 2.24) is 15.3 Å². The number of carbonyl (C=O) groups excluding carboxylic acids is 2. The van der Waals surface area contributed by atoms with Crippen LogP contribution in [0.3, 0.4) is 0 Å². The number of thioether (sulfide) groups is 1. The number of aliphatic hydroxyl groups excluding tert-OH is 1. The van der Waals surface area contributed by atoms with Crippen molar-refractivity contribution in [2.24, 2.45) is 0 Å². The Morgan fingerprint density at radius 1 is 0.827 bits per heavy atom. The van der Waals surface area contributed by atoms with Crippen molar-refractivity contribution in [2.75, 3.05) is 11.1 Å². The number of para-hydroxylation sites is 2. The zero-order chi connectivity index (χ0) is 35.9. The van der Waals surface area contributed by atoms with E-state index in [2.05, 4.69) is 32.7 Å². The highest BCUT2D eigenvalue weighted by Gasteiger charge is 2.32. The highest BCUT2D eigenvalue weighted by molar-refractivity contribution is 7.99. The molecule has 0 aliphatic carbocycles. The Labute approximate surface area is 306 Å². The third-order valence-corrected chi connectivity index (χ3v) is 10.0. The molecule has 3 N–H and O–H groups in total. The first kappa shape index (κ1) is 35.0. The van der Waals surface area contributed by atoms with Crippen LogP contribution >= 0.6 is 11.8 Å². The molecule has 2 amide bonds. The zero-order valence-corrected chi connectivity index (χ0v) is 29.4. The van der Waals surface area contributed by atoms with Crippen LogP contribution < -0.4 is 10.6 Å². The van der Waals surface area contributed by atoms with Gasteiger partial charge in [-0.1, -0.05) is 84.9 Å². The SMILES string of the molecule is CC(=O)Nc1ccc(SCC2CC(c3ccc(CO)cc3)OC(c3ccc(-c4ccccc4CNC(=O)c4cnc5ccccc5n4)cc3)O2)cc1. The summed E-state index contributed by atoms with van der Waals surface area (Å²) in [5.41, 5.74) is 8.20. The van der Waals surface area contributed by atoms with Crippen molar-refractivity contribution in [3.8, 4) is 11.1 Å². The molecular weight excluding hydrogens is 673 g/mol. The van der Waals surface area contributed by atoms with Crippen LogP contribution in [-0.2, 0) is 27.4 Å². The number of anilines is 1. The Hall–Kier alpha value is -5.39. The van der Waals surface area contributed by atoms with Crippen LogP contribution in [0.25, 0.3) is 22.2 Å². The van der Waals surface area contributed by atoms with Gasteiger partial charge in [-0.2, -0.15) is 0 Å². The molecule has 3 atom stereocenters. The first-order valence-corrected chi connectivity index (χ1v) is 18.1. The molecule has 262 valence electrons. The Bertz CT molecular complexity index is 2160. The van der Waals surface area contributed by atoms with Crippen molar-refractivity contribution >= 4 is 40.3 Å². The molecule has 52 heavy (non-hydrogen) atoms. The lowest BCUT2D eigenvalue weighted by molar-refractivity contribution is -0.245. The number of carbonyl (C=O) groups is 2. The minimum atomic E-state index is -0.587. The smallest absolute Gasteiger partial charge is 0.271 e. The number of nitrogens with one attached hydrogen (secondary N) is 2. The summed E-state index contributed by atoms with van der Waals surface area (Å²) in [4.78, 5) is 34.4. The lowest BCUT2D eigenvalue weighted by atomic mass is 9.97. The molecule has 3 unspecified atom stereocenters. The molecule has 2 heterocycles. The van der Waals surface area contributed by atoms with E-state index in [0.29, 0.717) is 24.2 Å². The molecule has 1 aliphatic rings. The summed E-state index contributed by atoms with van der Waals surface area (Å²) in [6.07, 6.45) is 1.29. The van der Waals surface area contributed by atoms with E-state index in [1.54, 1.807) is 11.8 Å². The third kappa shape index (κ3) is 8.55. The lowest BCUT2D eigenvalue weighted by Crippen LogP contribution is -2.31. The number of amides is 2. The van der Waals surface area contributed by atoms with Gasteiger partial charge in [-0.25, -0.2) is 4.98 Å². The van der Waals surface area contributed by atoms with Crippen LogP contribution in [0.4, 0.5) is 5.69 Å². The summed E-state index contributed by atoms with van der Waals surface area (Å²) in [6, 6.07) is 39.3. The quantitative estimate of drug-likeness (QED) is 0.116. The number of hydrogen-bond acceptors (Lipinski definition) is 8. The monoisotopic (exact) mass is 710 g/mol. The standard InChI is InChI=1S/C42H38N4O5S/c1-27(48)45-33-18-20-35(21-19-33)52-26-34-22-40(30-12-10-28(25-47)11-13-30)51-42(50-34)31-16-14-29(15-17-31)36-7-3-2-6-32(36)23-44-41(49)39-24-43-37-8-4-5-9-38(37)46-39/h2-21,24,34,40,42,47H,22-23,25-26H2,1H3,(H,44,49)(H,45,48). The minimum Gasteiger partial charge on any atom is -0.392 e. The topological polar surface area (TPSA) is 123 Å². The molecule has 5 aromatic carbocycles. The van der Waals surface area contributed by atoms with Gasteiger partial charge in [0, 0.05) is 41.8 Å². The molecule has 6 aromatic rings. The van der Waals surface area contributed by atoms with E-state index in [9.17, 15) is 14.7 Å². The van der Waals surface area contributed by atoms with Gasteiger partial charge in [0.25, 0.3) is 5.91 Å². The Morgan fingerprint density at radius 2 is 1.54 bits per heavy atom. The van der Waals surface area contributed by atoms with E-state index in [0.717, 1.165) is 49.5 Å². The second-order valence-electron chi connectivity index (χ2n) is 12.6. The van der Waals surface area contributed by atoms with Gasteiger partial charge in [-0.15, -0.1) is 11.8 Å². The largest absolute Gasteiger partial charge is 0.392 e. The van der Waals surface area contributed by atoms with Crippen molar-refractivity contribution in [3.05, 3.63) is 155 Å². The summed E-state index contributed by atoms with van der Waals surface area (Å²) >= 11 is 1.70. The first-order valence-electron chi connectivity index (χ1n) is 17.1. The summed E-state index contributed by atoms with van der Waals surface area (Å²) < 4.78 is 13.1. The Morgan fingerprint density at radius 3 is 2.29 bits per heavy atom. The molecule has 9 nitrogen and oxygen atoms in total. The van der Waals surface area contributed by atoms with Gasteiger partial charge < -0.3 is 25.2 Å². The predicted molar refractivity (Wildman–Crippen MR) is 202 cm³/mol. The van der Waals surface area contributed by atoms with E-state index < -0.39 is 6.29 Å². The molecule has 10 heteroatoms. The fourth-order valence-corrected chi connectivity index (χ4v) is 7.08. The van der Waals surface area contributed by atoms with Gasteiger partial charge in [0.05, 0.1) is 36.0 Å². The van der Waals surface area contributed by atoms with Crippen molar-refractivity contribution in [1.29, 1.82) is 0 Å². The van der Waals surface area contributed by atoms with Gasteiger partial charge in [0.2, 0.25) is 5.91 Å². The number of fused-ring (bicyclic) bond motifs is 1. The number of ether oxygens (including phenoxy) is 2. The van der Waals surface area contributed by atoms with E-state index in [4.69, 9.17) is 9.47 Å². The van der Waals surface area contributed by atoms with Crippen LogP contribution in [0.2, 0.25) is 0 Å². The Kier molecular flexibility index (Phi) is 11.0. The maximum Gasteiger partial charge on any atom is 0.271 e. The van der Waals surface area contributed by atoms with Gasteiger partial charge >= 0.3 is 0 Å². The molecule has 1 aliphatic heterocycles. The Balaban J connectivity index is 1.05. The second-order valence-corrected chi connectivity index (χ2v) is 13.7. The summed E-state index contributed by atoms with van der Waals surface area (Å²) in [5.74, 6) is 0.326. The van der Waals surface area contributed by atoms with E-state index in [1.165, 1.54) is 13.1 Å². The molecule has 1 saturated heterocycles. The number of aromatic nitrogens is 2. The normalized spacial score (nSPS) is 17.1. The van der Waals surface area contributed by atoms with Crippen molar-refractivity contribution < 1.29 is 24.2 Å². The molecule has 1 aromatic heterocycles. The average molecular weight is 711 g/mol. The highest BCUT2D eigenvalue weighted by Crippen LogP contribution is 2.40. The van der Waals surface area contributed by atoms with Crippen molar-refractivity contribution in [2.45, 2.75) is 49.9 Å². The number of aliphatic hydroxyl groups is 1. The maximum atomic E-state index is 13.0. The number of benzene rings is 5. The number of nitrogens with zero attached hydrogens (tertiary/aromatic N) is 2. The van der Waals surface area contributed by atoms with Gasteiger partial charge in [-0.05, 0) is 64.2 Å². The maximum absolute atomic E-state index is 13.0. The lowest BCUT2D eigenvalue weighted by Gasteiger charge is -2.36. The number of rotatable bonds is 11. The summed E-state index contributed by atoms with van der Waals surface area (Å²) in [6.45, 7) is 1.80. The van der Waals surface area contributed by atoms with Crippen LogP contribution in [0.5, 0.6) is 0 Å². The third-order valence-electron chi connectivity index (χ3n) is 8.86. The van der Waals surface area contributed by atoms with Crippen LogP contribution in [0.1, 0.15) is 58.5 Å². The van der Waals surface area contributed by atoms with Crippen LogP contribution in [0.15, 0.2) is 132 Å². The van der Waals surface area contributed by atoms with E-state index >= 15 is 0 Å². The van der Waals surface area contributed by atoms with Gasteiger partial charge in [0.1, 0.15) is 5.69 Å². The zero-order valence-electron chi connectivity index (χ0n) is 28.6. The second kappa shape index (κ2) is 16.3. The molecule has 7 rings (SSSR count). The van der Waals surface area contributed by atoms with E-state index in [1.807, 2.05) is 109 Å². The first-order chi connectivity index (χ1) is 25.4. The highest BCUT2D eigenvalue weighted by atomic mass is 32.2. The molecule has 0 radical (unpaired) electrons. The molecule has 0 bridgehead atoms. The molecule has 1 fully saturated rings. The van der Waals surface area contributed by atoms with Gasteiger partial charge in [-0.3, -0.25) is 14.6 Å². The predicted octanol–water partition coefficient (Wildman–Crippen LogP) is 8.02. The average Bonchev–Trinajstić information content (AvgIpc) is 3.19. The summed E-state index contributed by atoms with van der Waals surface area (Å²) in [5, 5.41) is 15.4. The minimum absolute atomic E-state index is 0.0154. The van der Waals surface area contributed by atoms with Gasteiger partial charge in [0.15, 0.2) is 6.29 Å². The molecule has 0 spiro atoms. The fraction of sp³-hybridized carbons (Fsp3) is 0.190. The molecule has 0 saturated carbocycles. The molecular formula is C42H38N4O5S. The van der Waals surface area contributed by atoms with Crippen LogP contribution in [-0.4, -0.2) is 38.7 Å². The summed E-state index contributed by atoms with van der Waals surface area (Å²) in [7, 11) is 0. The fourth-order valence-electron chi connectivity index (χ4n) is 6.16.